The van der Waals surface area contributed by atoms with Gasteiger partial charge in [0.25, 0.3) is 5.69 Å². The van der Waals surface area contributed by atoms with Crippen LogP contribution in [-0.4, -0.2) is 20.0 Å². The highest BCUT2D eigenvalue weighted by Gasteiger charge is 2.16. The average molecular weight is 304 g/mol. The number of hydrogen-bond acceptors (Lipinski definition) is 4. The van der Waals surface area contributed by atoms with Gasteiger partial charge >= 0.3 is 0 Å². The van der Waals surface area contributed by atoms with E-state index in [9.17, 15) is 15.2 Å². The first-order chi connectivity index (χ1) is 10.0. The largest absolute Gasteiger partial charge is 0.380 e. The van der Waals surface area contributed by atoms with Crippen molar-refractivity contribution in [2.24, 2.45) is 0 Å². The van der Waals surface area contributed by atoms with Crippen LogP contribution in [0, 0.1) is 10.1 Å². The van der Waals surface area contributed by atoms with Crippen molar-refractivity contribution in [2.75, 3.05) is 0 Å². The van der Waals surface area contributed by atoms with Crippen molar-refractivity contribution in [3.63, 3.8) is 0 Å². The molecule has 0 fully saturated rings. The van der Waals surface area contributed by atoms with E-state index in [-0.39, 0.29) is 5.69 Å². The topological polar surface area (TPSA) is 92.1 Å². The standard InChI is InChI=1S/C14H10ClN3O3/c15-9-3-1-8(2-4-9)13(19)14-16-11-6-5-10(18(20)21)7-12(11)17-14/h1-7,13,19H,(H,16,17). The molecule has 7 heteroatoms. The van der Waals surface area contributed by atoms with E-state index in [0.717, 1.165) is 0 Å². The molecule has 0 aliphatic carbocycles. The van der Waals surface area contributed by atoms with Gasteiger partial charge < -0.3 is 10.1 Å². The van der Waals surface area contributed by atoms with Crippen molar-refractivity contribution in [3.8, 4) is 0 Å². The molecule has 1 aromatic heterocycles. The van der Waals surface area contributed by atoms with Crippen LogP contribution in [0.3, 0.4) is 0 Å². The second kappa shape index (κ2) is 5.16. The lowest BCUT2D eigenvalue weighted by Gasteiger charge is -2.07. The number of rotatable bonds is 3. The minimum absolute atomic E-state index is 0.0290. The Balaban J connectivity index is 2.00. The SMILES string of the molecule is O=[N+]([O-])c1ccc2nc(C(O)c3ccc(Cl)cc3)[nH]c2c1. The third kappa shape index (κ3) is 2.58. The second-order valence-electron chi connectivity index (χ2n) is 4.53. The zero-order valence-electron chi connectivity index (χ0n) is 10.7. The van der Waals surface area contributed by atoms with Gasteiger partial charge in [-0.3, -0.25) is 10.1 Å². The normalized spacial score (nSPS) is 12.5. The summed E-state index contributed by atoms with van der Waals surface area (Å²) in [5, 5.41) is 21.6. The van der Waals surface area contributed by atoms with E-state index >= 15 is 0 Å². The molecule has 3 rings (SSSR count). The van der Waals surface area contributed by atoms with Gasteiger partial charge in [-0.15, -0.1) is 0 Å². The molecule has 106 valence electrons. The number of fused-ring (bicyclic) bond motifs is 1. The van der Waals surface area contributed by atoms with E-state index in [1.165, 1.54) is 12.1 Å². The lowest BCUT2D eigenvalue weighted by molar-refractivity contribution is -0.384. The molecular formula is C14H10ClN3O3. The van der Waals surface area contributed by atoms with Gasteiger partial charge in [0.15, 0.2) is 0 Å². The van der Waals surface area contributed by atoms with Crippen LogP contribution in [0.2, 0.25) is 5.02 Å². The molecule has 0 aliphatic rings. The lowest BCUT2D eigenvalue weighted by Crippen LogP contribution is -2.01. The average Bonchev–Trinajstić information content (AvgIpc) is 2.90. The third-order valence-electron chi connectivity index (χ3n) is 3.14. The number of imidazole rings is 1. The van der Waals surface area contributed by atoms with E-state index in [1.807, 2.05) is 0 Å². The van der Waals surface area contributed by atoms with Gasteiger partial charge in [-0.1, -0.05) is 23.7 Å². The molecule has 1 unspecified atom stereocenters. The number of nitrogens with zero attached hydrogens (tertiary/aromatic N) is 2. The molecule has 0 saturated carbocycles. The molecule has 1 heterocycles. The monoisotopic (exact) mass is 303 g/mol. The summed E-state index contributed by atoms with van der Waals surface area (Å²) in [4.78, 5) is 17.4. The highest BCUT2D eigenvalue weighted by atomic mass is 35.5. The summed E-state index contributed by atoms with van der Waals surface area (Å²) in [5.41, 5.74) is 1.67. The van der Waals surface area contributed by atoms with Crippen LogP contribution >= 0.6 is 11.6 Å². The summed E-state index contributed by atoms with van der Waals surface area (Å²) in [6, 6.07) is 11.1. The fraction of sp³-hybridized carbons (Fsp3) is 0.0714. The van der Waals surface area contributed by atoms with Gasteiger partial charge in [-0.25, -0.2) is 4.98 Å². The van der Waals surface area contributed by atoms with Gasteiger partial charge in [-0.05, 0) is 23.8 Å². The number of nitro benzene ring substituents is 1. The van der Waals surface area contributed by atoms with Crippen molar-refractivity contribution in [1.82, 2.24) is 9.97 Å². The Hall–Kier alpha value is -2.44. The van der Waals surface area contributed by atoms with Gasteiger partial charge in [0, 0.05) is 17.2 Å². The minimum Gasteiger partial charge on any atom is -0.380 e. The molecule has 21 heavy (non-hydrogen) atoms. The number of H-pyrrole nitrogens is 1. The predicted octanol–water partition coefficient (Wildman–Crippen LogP) is 3.21. The summed E-state index contributed by atoms with van der Waals surface area (Å²) in [6.07, 6.45) is -0.950. The number of non-ortho nitro benzene ring substituents is 1. The zero-order chi connectivity index (χ0) is 15.0. The summed E-state index contributed by atoms with van der Waals surface area (Å²) in [5.74, 6) is 0.327. The number of aromatic nitrogens is 2. The first-order valence-corrected chi connectivity index (χ1v) is 6.50. The van der Waals surface area contributed by atoms with Crippen LogP contribution in [0.1, 0.15) is 17.5 Å². The maximum atomic E-state index is 10.7. The van der Waals surface area contributed by atoms with Gasteiger partial charge in [0.2, 0.25) is 0 Å². The number of benzene rings is 2. The van der Waals surface area contributed by atoms with E-state index in [0.29, 0.717) is 27.4 Å². The Morgan fingerprint density at radius 3 is 2.62 bits per heavy atom. The van der Waals surface area contributed by atoms with Crippen LogP contribution < -0.4 is 0 Å². The smallest absolute Gasteiger partial charge is 0.271 e. The van der Waals surface area contributed by atoms with Crippen molar-refractivity contribution < 1.29 is 10.0 Å². The van der Waals surface area contributed by atoms with Crippen LogP contribution in [0.4, 0.5) is 5.69 Å². The predicted molar refractivity (Wildman–Crippen MR) is 78.3 cm³/mol. The molecule has 0 spiro atoms. The second-order valence-corrected chi connectivity index (χ2v) is 4.97. The quantitative estimate of drug-likeness (QED) is 0.574. The third-order valence-corrected chi connectivity index (χ3v) is 3.39. The molecule has 0 aliphatic heterocycles. The molecule has 0 amide bonds. The maximum Gasteiger partial charge on any atom is 0.271 e. The number of aliphatic hydroxyl groups is 1. The molecule has 0 bridgehead atoms. The van der Waals surface area contributed by atoms with Crippen molar-refractivity contribution >= 4 is 28.3 Å². The minimum atomic E-state index is -0.950. The molecule has 2 aromatic carbocycles. The Morgan fingerprint density at radius 1 is 1.24 bits per heavy atom. The van der Waals surface area contributed by atoms with Crippen molar-refractivity contribution in [3.05, 3.63) is 69.0 Å². The molecule has 1 atom stereocenters. The summed E-state index contributed by atoms with van der Waals surface area (Å²) in [6.45, 7) is 0. The summed E-state index contributed by atoms with van der Waals surface area (Å²) in [7, 11) is 0. The Labute approximate surface area is 124 Å². The number of nitrogens with one attached hydrogen (secondary N) is 1. The molecule has 2 N–H and O–H groups in total. The first kappa shape index (κ1) is 13.5. The Bertz CT molecular complexity index is 814. The maximum absolute atomic E-state index is 10.7. The van der Waals surface area contributed by atoms with Gasteiger partial charge in [-0.2, -0.15) is 0 Å². The lowest BCUT2D eigenvalue weighted by atomic mass is 10.1. The number of nitro groups is 1. The molecule has 0 radical (unpaired) electrons. The highest BCUT2D eigenvalue weighted by Crippen LogP contribution is 2.25. The fourth-order valence-corrected chi connectivity index (χ4v) is 2.19. The summed E-state index contributed by atoms with van der Waals surface area (Å²) < 4.78 is 0. The molecule has 6 nitrogen and oxygen atoms in total. The fourth-order valence-electron chi connectivity index (χ4n) is 2.06. The van der Waals surface area contributed by atoms with Gasteiger partial charge in [0.05, 0.1) is 16.0 Å². The van der Waals surface area contributed by atoms with Crippen LogP contribution in [-0.2, 0) is 0 Å². The first-order valence-electron chi connectivity index (χ1n) is 6.12. The summed E-state index contributed by atoms with van der Waals surface area (Å²) >= 11 is 5.80. The number of hydrogen-bond donors (Lipinski definition) is 2. The van der Waals surface area contributed by atoms with Crippen LogP contribution in [0.5, 0.6) is 0 Å². The Kier molecular flexibility index (Phi) is 3.32. The molecular weight excluding hydrogens is 294 g/mol. The van der Waals surface area contributed by atoms with Crippen molar-refractivity contribution in [2.45, 2.75) is 6.10 Å². The van der Waals surface area contributed by atoms with E-state index in [2.05, 4.69) is 9.97 Å². The van der Waals surface area contributed by atoms with E-state index in [4.69, 9.17) is 11.6 Å². The number of aliphatic hydroxyl groups excluding tert-OH is 1. The highest BCUT2D eigenvalue weighted by molar-refractivity contribution is 6.30. The van der Waals surface area contributed by atoms with Crippen molar-refractivity contribution in [1.29, 1.82) is 0 Å². The zero-order valence-corrected chi connectivity index (χ0v) is 11.4. The Morgan fingerprint density at radius 2 is 1.95 bits per heavy atom. The number of aromatic amines is 1. The van der Waals surface area contributed by atoms with E-state index in [1.54, 1.807) is 30.3 Å². The van der Waals surface area contributed by atoms with E-state index < -0.39 is 11.0 Å². The molecule has 3 aromatic rings. The van der Waals surface area contributed by atoms with Crippen LogP contribution in [0.15, 0.2) is 42.5 Å². The van der Waals surface area contributed by atoms with Gasteiger partial charge in [0.1, 0.15) is 11.9 Å². The van der Waals surface area contributed by atoms with Crippen LogP contribution in [0.25, 0.3) is 11.0 Å². The number of halogens is 1. The molecule has 0 saturated heterocycles.